The Balaban J connectivity index is 1.81. The van der Waals surface area contributed by atoms with Crippen LogP contribution in [0.5, 0.6) is 5.88 Å². The SMILES string of the molecule is CC(=O)OC[C@H]1O[C@@H](n2c(=O)n(Cc3cc(O)no3)c3cnc(N)nc32)[C@H](OC(C)=O)[C@@H]1F. The number of nitrogens with two attached hydrogens (primary N) is 1. The van der Waals surface area contributed by atoms with Crippen LogP contribution in [0.15, 0.2) is 21.6 Å². The fraction of sp³-hybridized carbons (Fsp3) is 0.444. The Morgan fingerprint density at radius 2 is 2.09 bits per heavy atom. The number of fused-ring (bicyclic) bond motifs is 1. The first-order valence-corrected chi connectivity index (χ1v) is 9.63. The molecule has 4 rings (SSSR count). The molecule has 0 aliphatic carbocycles. The van der Waals surface area contributed by atoms with Crippen molar-refractivity contribution in [2.45, 2.75) is 45.0 Å². The molecular formula is C18H19FN6O8. The molecule has 0 radical (unpaired) electrons. The van der Waals surface area contributed by atoms with Crippen molar-refractivity contribution < 1.29 is 37.8 Å². The number of hydrogen-bond donors (Lipinski definition) is 2. The lowest BCUT2D eigenvalue weighted by Gasteiger charge is -2.19. The lowest BCUT2D eigenvalue weighted by atomic mass is 10.1. The topological polar surface area (TPSA) is 187 Å². The molecule has 1 fully saturated rings. The number of carbonyl (C=O) groups excluding carboxylic acids is 2. The Bertz CT molecular complexity index is 1270. The van der Waals surface area contributed by atoms with Gasteiger partial charge in [0.2, 0.25) is 5.95 Å². The Morgan fingerprint density at radius 3 is 2.73 bits per heavy atom. The number of ether oxygens (including phenoxy) is 3. The van der Waals surface area contributed by atoms with Gasteiger partial charge in [0.15, 0.2) is 29.9 Å². The second-order valence-electron chi connectivity index (χ2n) is 7.21. The van der Waals surface area contributed by atoms with Crippen LogP contribution in [0.2, 0.25) is 0 Å². The van der Waals surface area contributed by atoms with Gasteiger partial charge in [0.1, 0.15) is 18.2 Å². The lowest BCUT2D eigenvalue weighted by Crippen LogP contribution is -2.37. The van der Waals surface area contributed by atoms with Gasteiger partial charge in [-0.15, -0.1) is 0 Å². The fourth-order valence-corrected chi connectivity index (χ4v) is 3.54. The summed E-state index contributed by atoms with van der Waals surface area (Å²) in [4.78, 5) is 44.1. The molecule has 33 heavy (non-hydrogen) atoms. The summed E-state index contributed by atoms with van der Waals surface area (Å²) >= 11 is 0. The molecule has 15 heteroatoms. The van der Waals surface area contributed by atoms with Crippen molar-refractivity contribution in [3.63, 3.8) is 0 Å². The Morgan fingerprint density at radius 1 is 1.33 bits per heavy atom. The minimum Gasteiger partial charge on any atom is -0.491 e. The van der Waals surface area contributed by atoms with E-state index < -0.39 is 48.8 Å². The standard InChI is InChI=1S/C18H19FN6O8/c1-7(26)30-6-11-13(19)14(31-8(2)27)16(32-11)25-15-10(4-21-17(20)22-15)24(18(25)29)5-9-3-12(28)23-33-9/h3-4,11,13-14,16H,5-6H2,1-2H3,(H,23,28)(H2,20,21,22)/t11-,13-,14-,16-/m1/s1. The number of alkyl halides is 1. The fourth-order valence-electron chi connectivity index (χ4n) is 3.54. The highest BCUT2D eigenvalue weighted by Gasteiger charge is 2.50. The highest BCUT2D eigenvalue weighted by Crippen LogP contribution is 2.35. The van der Waals surface area contributed by atoms with E-state index >= 15 is 4.39 Å². The first kappa shape index (κ1) is 22.2. The number of imidazole rings is 1. The van der Waals surface area contributed by atoms with Crippen LogP contribution < -0.4 is 11.4 Å². The van der Waals surface area contributed by atoms with E-state index in [-0.39, 0.29) is 35.3 Å². The number of nitrogens with zero attached hydrogens (tertiary/aromatic N) is 5. The van der Waals surface area contributed by atoms with Crippen molar-refractivity contribution in [2.24, 2.45) is 0 Å². The zero-order valence-corrected chi connectivity index (χ0v) is 17.4. The summed E-state index contributed by atoms with van der Waals surface area (Å²) in [5, 5.41) is 12.8. The third-order valence-corrected chi connectivity index (χ3v) is 4.86. The van der Waals surface area contributed by atoms with Gasteiger partial charge in [-0.1, -0.05) is 0 Å². The van der Waals surface area contributed by atoms with Gasteiger partial charge >= 0.3 is 17.6 Å². The van der Waals surface area contributed by atoms with E-state index in [0.29, 0.717) is 0 Å². The zero-order valence-electron chi connectivity index (χ0n) is 17.4. The third-order valence-electron chi connectivity index (χ3n) is 4.86. The van der Waals surface area contributed by atoms with E-state index in [1.807, 2.05) is 0 Å². The van der Waals surface area contributed by atoms with Crippen LogP contribution in [0.3, 0.4) is 0 Å². The van der Waals surface area contributed by atoms with E-state index in [0.717, 1.165) is 23.0 Å². The van der Waals surface area contributed by atoms with Crippen LogP contribution in [0, 0.1) is 0 Å². The van der Waals surface area contributed by atoms with Gasteiger partial charge in [0.05, 0.1) is 12.7 Å². The van der Waals surface area contributed by atoms with Crippen molar-refractivity contribution >= 4 is 29.1 Å². The monoisotopic (exact) mass is 466 g/mol. The number of hydrogen-bond acceptors (Lipinski definition) is 12. The Labute approximate surface area is 183 Å². The van der Waals surface area contributed by atoms with Crippen LogP contribution in [0.4, 0.5) is 10.3 Å². The van der Waals surface area contributed by atoms with Crippen molar-refractivity contribution in [3.05, 3.63) is 28.5 Å². The van der Waals surface area contributed by atoms with Gasteiger partial charge in [-0.3, -0.25) is 14.2 Å². The maximum Gasteiger partial charge on any atom is 0.333 e. The number of anilines is 1. The molecule has 176 valence electrons. The molecule has 0 bridgehead atoms. The van der Waals surface area contributed by atoms with E-state index in [2.05, 4.69) is 15.1 Å². The third kappa shape index (κ3) is 4.21. The molecule has 4 heterocycles. The summed E-state index contributed by atoms with van der Waals surface area (Å²) in [6, 6.07) is 1.20. The number of nitrogen functional groups attached to an aromatic ring is 1. The van der Waals surface area contributed by atoms with Gasteiger partial charge in [0.25, 0.3) is 5.88 Å². The minimum atomic E-state index is -1.92. The normalized spacial score (nSPS) is 22.5. The minimum absolute atomic E-state index is 0.0290. The molecule has 0 unspecified atom stereocenters. The predicted molar refractivity (Wildman–Crippen MR) is 104 cm³/mol. The molecular weight excluding hydrogens is 447 g/mol. The van der Waals surface area contributed by atoms with Gasteiger partial charge in [0, 0.05) is 19.9 Å². The predicted octanol–water partition coefficient (Wildman–Crippen LogP) is -0.353. The number of carbonyl (C=O) groups is 2. The van der Waals surface area contributed by atoms with E-state index in [1.165, 1.54) is 12.3 Å². The number of esters is 2. The Kier molecular flexibility index (Phi) is 5.71. The number of rotatable bonds is 6. The summed E-state index contributed by atoms with van der Waals surface area (Å²) in [6.07, 6.45) is -4.98. The molecule has 3 aromatic rings. The molecule has 0 spiro atoms. The van der Waals surface area contributed by atoms with Gasteiger partial charge in [-0.25, -0.2) is 18.7 Å². The van der Waals surface area contributed by atoms with Crippen molar-refractivity contribution in [3.8, 4) is 5.88 Å². The maximum absolute atomic E-state index is 15.1. The van der Waals surface area contributed by atoms with E-state index in [9.17, 15) is 19.5 Å². The average molecular weight is 466 g/mol. The van der Waals surface area contributed by atoms with Crippen molar-refractivity contribution in [1.82, 2.24) is 24.3 Å². The van der Waals surface area contributed by atoms with E-state index in [1.54, 1.807) is 0 Å². The van der Waals surface area contributed by atoms with Gasteiger partial charge in [-0.2, -0.15) is 4.98 Å². The van der Waals surface area contributed by atoms with Gasteiger partial charge in [-0.05, 0) is 5.16 Å². The molecule has 3 aromatic heterocycles. The summed E-state index contributed by atoms with van der Waals surface area (Å²) < 4.78 is 37.8. The second kappa shape index (κ2) is 8.50. The molecule has 0 aromatic carbocycles. The molecule has 1 aliphatic heterocycles. The summed E-state index contributed by atoms with van der Waals surface area (Å²) in [6.45, 7) is 1.56. The molecule has 0 saturated carbocycles. The highest BCUT2D eigenvalue weighted by molar-refractivity contribution is 5.72. The summed E-state index contributed by atoms with van der Waals surface area (Å²) in [5.74, 6) is -1.91. The Hall–Kier alpha value is -4.01. The smallest absolute Gasteiger partial charge is 0.333 e. The molecule has 0 amide bonds. The quantitative estimate of drug-likeness (QED) is 0.450. The summed E-state index contributed by atoms with van der Waals surface area (Å²) in [5.41, 5.74) is 5.09. The van der Waals surface area contributed by atoms with Gasteiger partial charge < -0.3 is 29.6 Å². The number of aromatic nitrogens is 5. The number of aromatic hydroxyl groups is 1. The van der Waals surface area contributed by atoms with Crippen LogP contribution in [0.25, 0.3) is 11.2 Å². The largest absolute Gasteiger partial charge is 0.491 e. The van der Waals surface area contributed by atoms with Crippen molar-refractivity contribution in [1.29, 1.82) is 0 Å². The first-order valence-electron chi connectivity index (χ1n) is 9.63. The molecule has 1 saturated heterocycles. The average Bonchev–Trinajstić information content (AvgIpc) is 3.36. The first-order chi connectivity index (χ1) is 15.7. The molecule has 1 aliphatic rings. The molecule has 3 N–H and O–H groups in total. The molecule has 14 nitrogen and oxygen atoms in total. The summed E-state index contributed by atoms with van der Waals surface area (Å²) in [7, 11) is 0. The van der Waals surface area contributed by atoms with Crippen LogP contribution in [0.1, 0.15) is 25.8 Å². The lowest BCUT2D eigenvalue weighted by molar-refractivity contribution is -0.154. The van der Waals surface area contributed by atoms with Crippen LogP contribution >= 0.6 is 0 Å². The highest BCUT2D eigenvalue weighted by atomic mass is 19.1. The zero-order chi connectivity index (χ0) is 23.9. The number of halogens is 1. The maximum atomic E-state index is 15.1. The van der Waals surface area contributed by atoms with Crippen LogP contribution in [-0.2, 0) is 30.3 Å². The van der Waals surface area contributed by atoms with E-state index in [4.69, 9.17) is 24.5 Å². The van der Waals surface area contributed by atoms with Crippen molar-refractivity contribution in [2.75, 3.05) is 12.3 Å². The van der Waals surface area contributed by atoms with Crippen LogP contribution in [-0.4, -0.2) is 66.3 Å². The molecule has 4 atom stereocenters. The second-order valence-corrected chi connectivity index (χ2v) is 7.21.